The second kappa shape index (κ2) is 2.84. The van der Waals surface area contributed by atoms with Crippen molar-refractivity contribution in [2.45, 2.75) is 31.2 Å². The largest absolute Gasteiger partial charge is 0.387 e. The molecule has 0 fully saturated rings. The predicted octanol–water partition coefficient (Wildman–Crippen LogP) is 1.85. The lowest BCUT2D eigenvalue weighted by Crippen LogP contribution is -2.20. The molecule has 2 N–H and O–H groups in total. The van der Waals surface area contributed by atoms with Crippen LogP contribution in [0.2, 0.25) is 0 Å². The lowest BCUT2D eigenvalue weighted by molar-refractivity contribution is 0.510. The molecule has 1 aromatic carbocycles. The fraction of sp³-hybridized carbons (Fsp3) is 0.417. The van der Waals surface area contributed by atoms with Crippen molar-refractivity contribution in [3.63, 3.8) is 0 Å². The third kappa shape index (κ3) is 1.07. The quantitative estimate of drug-likeness (QED) is 0.659. The Morgan fingerprint density at radius 2 is 2.14 bits per heavy atom. The van der Waals surface area contributed by atoms with Gasteiger partial charge in [0.05, 0.1) is 11.9 Å². The van der Waals surface area contributed by atoms with Gasteiger partial charge in [0.2, 0.25) is 0 Å². The summed E-state index contributed by atoms with van der Waals surface area (Å²) in [6, 6.07) is 9.18. The third-order valence-electron chi connectivity index (χ3n) is 3.39. The summed E-state index contributed by atoms with van der Waals surface area (Å²) in [4.78, 5) is 4.50. The second-order valence-electron chi connectivity index (χ2n) is 4.24. The van der Waals surface area contributed by atoms with Gasteiger partial charge in [-0.3, -0.25) is 4.99 Å². The summed E-state index contributed by atoms with van der Waals surface area (Å²) in [5.74, 6) is 1.41. The average Bonchev–Trinajstić information content (AvgIpc) is 2.59. The lowest BCUT2D eigenvalue weighted by Gasteiger charge is -2.26. The smallest absolute Gasteiger partial charge is 0.0947 e. The molecule has 0 saturated heterocycles. The number of rotatable bonds is 0. The van der Waals surface area contributed by atoms with Crippen molar-refractivity contribution in [3.8, 4) is 0 Å². The fourth-order valence-electron chi connectivity index (χ4n) is 2.73. The molecule has 0 saturated carbocycles. The maximum Gasteiger partial charge on any atom is 0.0947 e. The van der Waals surface area contributed by atoms with Gasteiger partial charge in [-0.1, -0.05) is 24.3 Å². The molecule has 3 rings (SSSR count). The van der Waals surface area contributed by atoms with Crippen molar-refractivity contribution in [1.82, 2.24) is 0 Å². The van der Waals surface area contributed by atoms with Crippen molar-refractivity contribution in [1.29, 1.82) is 0 Å². The topological polar surface area (TPSA) is 38.4 Å². The number of hydrogen-bond donors (Lipinski definition) is 1. The minimum absolute atomic E-state index is 0.463. The van der Waals surface area contributed by atoms with E-state index in [9.17, 15) is 0 Å². The van der Waals surface area contributed by atoms with Gasteiger partial charge in [-0.05, 0) is 24.0 Å². The molecule has 0 amide bonds. The van der Waals surface area contributed by atoms with Gasteiger partial charge in [-0.15, -0.1) is 0 Å². The van der Waals surface area contributed by atoms with Crippen LogP contribution in [0.1, 0.15) is 29.9 Å². The van der Waals surface area contributed by atoms with Crippen LogP contribution < -0.4 is 5.73 Å². The van der Waals surface area contributed by atoms with E-state index in [1.807, 2.05) is 0 Å². The molecule has 1 heterocycles. The van der Waals surface area contributed by atoms with Gasteiger partial charge in [-0.25, -0.2) is 0 Å². The van der Waals surface area contributed by atoms with Gasteiger partial charge in [0.25, 0.3) is 0 Å². The normalized spacial score (nSPS) is 29.3. The summed E-state index contributed by atoms with van der Waals surface area (Å²) < 4.78 is 0. The van der Waals surface area contributed by atoms with Crippen molar-refractivity contribution < 1.29 is 0 Å². The minimum atomic E-state index is 0.463. The fourth-order valence-corrected chi connectivity index (χ4v) is 2.73. The lowest BCUT2D eigenvalue weighted by atomic mass is 9.79. The van der Waals surface area contributed by atoms with Crippen LogP contribution >= 0.6 is 0 Å². The maximum absolute atomic E-state index is 5.80. The van der Waals surface area contributed by atoms with E-state index >= 15 is 0 Å². The Kier molecular flexibility index (Phi) is 1.63. The van der Waals surface area contributed by atoms with Crippen LogP contribution in [0, 0.1) is 0 Å². The Bertz CT molecular complexity index is 395. The molecule has 2 heteroatoms. The van der Waals surface area contributed by atoms with Gasteiger partial charge in [-0.2, -0.15) is 0 Å². The van der Waals surface area contributed by atoms with Crippen LogP contribution in [0.3, 0.4) is 0 Å². The van der Waals surface area contributed by atoms with Crippen LogP contribution in [0.15, 0.2) is 29.3 Å². The van der Waals surface area contributed by atoms with E-state index in [1.54, 1.807) is 0 Å². The Morgan fingerprint density at radius 1 is 1.29 bits per heavy atom. The Balaban J connectivity index is 2.04. The third-order valence-corrected chi connectivity index (χ3v) is 3.39. The number of fused-ring (bicyclic) bond motifs is 3. The molecule has 72 valence electrons. The van der Waals surface area contributed by atoms with Gasteiger partial charge in [0.1, 0.15) is 0 Å². The zero-order valence-corrected chi connectivity index (χ0v) is 8.11. The van der Waals surface area contributed by atoms with Crippen LogP contribution in [0.25, 0.3) is 0 Å². The van der Waals surface area contributed by atoms with E-state index in [-0.39, 0.29) is 0 Å². The first-order chi connectivity index (χ1) is 6.84. The van der Waals surface area contributed by atoms with Gasteiger partial charge >= 0.3 is 0 Å². The number of nitrogens with two attached hydrogens (primary N) is 1. The molecule has 2 nitrogen and oxygen atoms in total. The Hall–Kier alpha value is -1.31. The highest BCUT2D eigenvalue weighted by atomic mass is 14.9. The molecule has 1 aromatic rings. The first-order valence-corrected chi connectivity index (χ1v) is 5.24. The number of aliphatic imine (C=N–C) groups is 1. The summed E-state index contributed by atoms with van der Waals surface area (Å²) in [5, 5.41) is 0. The summed E-state index contributed by atoms with van der Waals surface area (Å²) >= 11 is 0. The molecule has 0 radical (unpaired) electrons. The SMILES string of the molecule is NC1=NC2CCc3ccccc3C2C1. The summed E-state index contributed by atoms with van der Waals surface area (Å²) in [6.45, 7) is 0. The van der Waals surface area contributed by atoms with E-state index in [2.05, 4.69) is 29.3 Å². The monoisotopic (exact) mass is 186 g/mol. The van der Waals surface area contributed by atoms with Crippen LogP contribution in [0.5, 0.6) is 0 Å². The standard InChI is InChI=1S/C12H14N2/c13-12-7-10-9-4-2-1-3-8(9)5-6-11(10)14-12/h1-4,10-11H,5-7H2,(H2,13,14). The zero-order chi connectivity index (χ0) is 9.54. The average molecular weight is 186 g/mol. The molecule has 1 aliphatic heterocycles. The molecule has 0 spiro atoms. The number of benzene rings is 1. The van der Waals surface area contributed by atoms with E-state index in [0.717, 1.165) is 18.7 Å². The Labute approximate surface area is 83.8 Å². The number of hydrogen-bond acceptors (Lipinski definition) is 2. The molecule has 1 aliphatic carbocycles. The molecular weight excluding hydrogens is 172 g/mol. The summed E-state index contributed by atoms with van der Waals surface area (Å²) in [7, 11) is 0. The highest BCUT2D eigenvalue weighted by Crippen LogP contribution is 2.38. The molecule has 2 atom stereocenters. The van der Waals surface area contributed by atoms with E-state index in [0.29, 0.717) is 12.0 Å². The first-order valence-electron chi connectivity index (χ1n) is 5.24. The summed E-state index contributed by atoms with van der Waals surface area (Å²) in [5.41, 5.74) is 8.78. The number of nitrogens with zero attached hydrogens (tertiary/aromatic N) is 1. The second-order valence-corrected chi connectivity index (χ2v) is 4.24. The molecule has 0 bridgehead atoms. The predicted molar refractivity (Wildman–Crippen MR) is 57.5 cm³/mol. The van der Waals surface area contributed by atoms with Crippen molar-refractivity contribution in [2.75, 3.05) is 0 Å². The van der Waals surface area contributed by atoms with Crippen LogP contribution in [-0.2, 0) is 6.42 Å². The van der Waals surface area contributed by atoms with E-state index in [4.69, 9.17) is 5.73 Å². The van der Waals surface area contributed by atoms with Crippen molar-refractivity contribution in [3.05, 3.63) is 35.4 Å². The molecule has 2 aliphatic rings. The highest BCUT2D eigenvalue weighted by molar-refractivity contribution is 5.83. The molecule has 14 heavy (non-hydrogen) atoms. The van der Waals surface area contributed by atoms with Crippen LogP contribution in [0.4, 0.5) is 0 Å². The van der Waals surface area contributed by atoms with Crippen LogP contribution in [-0.4, -0.2) is 11.9 Å². The number of aryl methyl sites for hydroxylation is 1. The molecular formula is C12H14N2. The van der Waals surface area contributed by atoms with Gasteiger partial charge in [0, 0.05) is 12.3 Å². The van der Waals surface area contributed by atoms with Gasteiger partial charge in [0.15, 0.2) is 0 Å². The number of amidine groups is 1. The van der Waals surface area contributed by atoms with Crippen molar-refractivity contribution in [2.24, 2.45) is 10.7 Å². The minimum Gasteiger partial charge on any atom is -0.387 e. The molecule has 0 aromatic heterocycles. The molecule has 2 unspecified atom stereocenters. The Morgan fingerprint density at radius 3 is 3.07 bits per heavy atom. The first kappa shape index (κ1) is 8.04. The zero-order valence-electron chi connectivity index (χ0n) is 8.11. The van der Waals surface area contributed by atoms with E-state index in [1.165, 1.54) is 17.5 Å². The summed E-state index contributed by atoms with van der Waals surface area (Å²) in [6.07, 6.45) is 3.29. The van der Waals surface area contributed by atoms with Gasteiger partial charge < -0.3 is 5.73 Å². The highest BCUT2D eigenvalue weighted by Gasteiger charge is 2.33. The maximum atomic E-state index is 5.80. The van der Waals surface area contributed by atoms with Crippen molar-refractivity contribution >= 4 is 5.84 Å². The van der Waals surface area contributed by atoms with E-state index < -0.39 is 0 Å².